The van der Waals surface area contributed by atoms with Crippen LogP contribution in [0.25, 0.3) is 10.8 Å². The number of esters is 2. The van der Waals surface area contributed by atoms with Gasteiger partial charge in [0.2, 0.25) is 6.10 Å². The predicted molar refractivity (Wildman–Crippen MR) is 75.3 cm³/mol. The number of carbonyl (C=O) groups is 2. The van der Waals surface area contributed by atoms with E-state index in [0.29, 0.717) is 17.7 Å². The van der Waals surface area contributed by atoms with Crippen molar-refractivity contribution in [2.24, 2.45) is 0 Å². The fourth-order valence-electron chi connectivity index (χ4n) is 2.32. The summed E-state index contributed by atoms with van der Waals surface area (Å²) in [5, 5.41) is 1.87. The lowest BCUT2D eigenvalue weighted by Gasteiger charge is -2.12. The minimum Gasteiger partial charge on any atom is -0.496 e. The Bertz CT molecular complexity index is 707. The lowest BCUT2D eigenvalue weighted by molar-refractivity contribution is -0.145. The van der Waals surface area contributed by atoms with Crippen LogP contribution in [0, 0.1) is 0 Å². The third-order valence-electron chi connectivity index (χ3n) is 3.42. The van der Waals surface area contributed by atoms with Crippen LogP contribution in [0.5, 0.6) is 5.75 Å². The molecule has 2 aromatic rings. The third kappa shape index (κ3) is 2.54. The van der Waals surface area contributed by atoms with Crippen molar-refractivity contribution in [3.8, 4) is 5.75 Å². The molecule has 1 fully saturated rings. The highest BCUT2D eigenvalue weighted by Crippen LogP contribution is 2.27. The summed E-state index contributed by atoms with van der Waals surface area (Å²) in [6.45, 7) is 0.283. The predicted octanol–water partition coefficient (Wildman–Crippen LogP) is 2.32. The van der Waals surface area contributed by atoms with Crippen LogP contribution < -0.4 is 4.74 Å². The summed E-state index contributed by atoms with van der Waals surface area (Å²) in [6, 6.07) is 11.1. The highest BCUT2D eigenvalue weighted by Gasteiger charge is 2.31. The van der Waals surface area contributed by atoms with Crippen LogP contribution in [-0.2, 0) is 14.3 Å². The van der Waals surface area contributed by atoms with Crippen molar-refractivity contribution in [3.05, 3.63) is 42.0 Å². The Morgan fingerprint density at radius 2 is 1.95 bits per heavy atom. The molecule has 0 aliphatic carbocycles. The van der Waals surface area contributed by atoms with E-state index in [9.17, 15) is 9.59 Å². The van der Waals surface area contributed by atoms with Gasteiger partial charge in [-0.15, -0.1) is 0 Å². The van der Waals surface area contributed by atoms with Gasteiger partial charge in [0.05, 0.1) is 13.7 Å². The minimum absolute atomic E-state index is 0.283. The van der Waals surface area contributed by atoms with E-state index >= 15 is 0 Å². The molecule has 1 saturated heterocycles. The molecule has 0 saturated carbocycles. The topological polar surface area (TPSA) is 61.8 Å². The van der Waals surface area contributed by atoms with Crippen LogP contribution in [0.3, 0.4) is 0 Å². The standard InChI is InChI=1S/C16H14O5/c1-19-14-9-11-5-3-2-4-10(11)8-12(14)15(17)21-13-6-7-20-16(13)18/h2-5,8-9,13H,6-7H2,1H3. The molecule has 3 rings (SSSR count). The number of cyclic esters (lactones) is 1. The average molecular weight is 286 g/mol. The molecule has 2 aromatic carbocycles. The van der Waals surface area contributed by atoms with E-state index in [4.69, 9.17) is 14.2 Å². The highest BCUT2D eigenvalue weighted by atomic mass is 16.6. The number of benzene rings is 2. The van der Waals surface area contributed by atoms with Crippen LogP contribution >= 0.6 is 0 Å². The molecule has 1 aliphatic rings. The first-order chi connectivity index (χ1) is 10.2. The molecule has 5 heteroatoms. The summed E-state index contributed by atoms with van der Waals surface area (Å²) in [7, 11) is 1.49. The molecule has 0 amide bonds. The SMILES string of the molecule is COc1cc2ccccc2cc1C(=O)OC1CCOC1=O. The Hall–Kier alpha value is -2.56. The first-order valence-corrected chi connectivity index (χ1v) is 6.63. The summed E-state index contributed by atoms with van der Waals surface area (Å²) < 4.78 is 15.2. The van der Waals surface area contributed by atoms with Gasteiger partial charge >= 0.3 is 11.9 Å². The van der Waals surface area contributed by atoms with Gasteiger partial charge in [0.25, 0.3) is 0 Å². The number of rotatable bonds is 3. The second-order valence-electron chi connectivity index (χ2n) is 4.75. The summed E-state index contributed by atoms with van der Waals surface area (Å²) in [6.07, 6.45) is -0.436. The second kappa shape index (κ2) is 5.44. The van der Waals surface area contributed by atoms with E-state index in [1.807, 2.05) is 24.3 Å². The Morgan fingerprint density at radius 1 is 1.24 bits per heavy atom. The van der Waals surface area contributed by atoms with E-state index in [1.54, 1.807) is 12.1 Å². The Labute approximate surface area is 121 Å². The van der Waals surface area contributed by atoms with Gasteiger partial charge in [-0.2, -0.15) is 0 Å². The second-order valence-corrected chi connectivity index (χ2v) is 4.75. The maximum atomic E-state index is 12.3. The maximum absolute atomic E-state index is 12.3. The first kappa shape index (κ1) is 13.4. The number of methoxy groups -OCH3 is 1. The molecule has 0 bridgehead atoms. The van der Waals surface area contributed by atoms with Gasteiger partial charge in [0, 0.05) is 6.42 Å². The molecule has 1 aliphatic heterocycles. The molecule has 5 nitrogen and oxygen atoms in total. The summed E-state index contributed by atoms with van der Waals surface area (Å²) in [5.74, 6) is -0.658. The highest BCUT2D eigenvalue weighted by molar-refractivity contribution is 5.99. The zero-order valence-corrected chi connectivity index (χ0v) is 11.5. The Balaban J connectivity index is 1.94. The van der Waals surface area contributed by atoms with Gasteiger partial charge in [0.15, 0.2) is 0 Å². The zero-order chi connectivity index (χ0) is 14.8. The molecule has 0 aromatic heterocycles. The number of hydrogen-bond acceptors (Lipinski definition) is 5. The van der Waals surface area contributed by atoms with Gasteiger partial charge < -0.3 is 14.2 Å². The van der Waals surface area contributed by atoms with Crippen molar-refractivity contribution in [2.75, 3.05) is 13.7 Å². The lowest BCUT2D eigenvalue weighted by Crippen LogP contribution is -2.23. The first-order valence-electron chi connectivity index (χ1n) is 6.63. The van der Waals surface area contributed by atoms with E-state index in [1.165, 1.54) is 7.11 Å². The van der Waals surface area contributed by atoms with Crippen molar-refractivity contribution in [2.45, 2.75) is 12.5 Å². The Morgan fingerprint density at radius 3 is 2.57 bits per heavy atom. The van der Waals surface area contributed by atoms with Gasteiger partial charge in [-0.3, -0.25) is 0 Å². The fraction of sp³-hybridized carbons (Fsp3) is 0.250. The smallest absolute Gasteiger partial charge is 0.347 e. The van der Waals surface area contributed by atoms with Crippen LogP contribution in [0.15, 0.2) is 36.4 Å². The number of ether oxygens (including phenoxy) is 3. The third-order valence-corrected chi connectivity index (χ3v) is 3.42. The van der Waals surface area contributed by atoms with Crippen molar-refractivity contribution < 1.29 is 23.8 Å². The fourth-order valence-corrected chi connectivity index (χ4v) is 2.32. The molecular formula is C16H14O5. The van der Waals surface area contributed by atoms with Crippen LogP contribution in [-0.4, -0.2) is 31.8 Å². The average Bonchev–Trinajstić information content (AvgIpc) is 2.91. The summed E-state index contributed by atoms with van der Waals surface area (Å²) >= 11 is 0. The summed E-state index contributed by atoms with van der Waals surface area (Å²) in [5.41, 5.74) is 0.302. The molecule has 1 heterocycles. The minimum atomic E-state index is -0.825. The Kier molecular flexibility index (Phi) is 3.48. The molecule has 1 atom stereocenters. The molecule has 1 unspecified atom stereocenters. The molecule has 0 N–H and O–H groups in total. The molecule has 108 valence electrons. The van der Waals surface area contributed by atoms with E-state index in [2.05, 4.69) is 0 Å². The normalized spacial score (nSPS) is 17.6. The number of carbonyl (C=O) groups excluding carboxylic acids is 2. The lowest BCUT2D eigenvalue weighted by atomic mass is 10.1. The molecule has 21 heavy (non-hydrogen) atoms. The monoisotopic (exact) mass is 286 g/mol. The number of hydrogen-bond donors (Lipinski definition) is 0. The van der Waals surface area contributed by atoms with Crippen LogP contribution in [0.1, 0.15) is 16.8 Å². The van der Waals surface area contributed by atoms with E-state index < -0.39 is 18.0 Å². The van der Waals surface area contributed by atoms with Crippen molar-refractivity contribution in [1.29, 1.82) is 0 Å². The molecule has 0 radical (unpaired) electrons. The zero-order valence-electron chi connectivity index (χ0n) is 11.5. The van der Waals surface area contributed by atoms with E-state index in [0.717, 1.165) is 10.8 Å². The van der Waals surface area contributed by atoms with Crippen molar-refractivity contribution in [3.63, 3.8) is 0 Å². The maximum Gasteiger partial charge on any atom is 0.347 e. The quantitative estimate of drug-likeness (QED) is 0.810. The van der Waals surface area contributed by atoms with Gasteiger partial charge in [0.1, 0.15) is 11.3 Å². The van der Waals surface area contributed by atoms with E-state index in [-0.39, 0.29) is 6.61 Å². The van der Waals surface area contributed by atoms with Gasteiger partial charge in [-0.25, -0.2) is 9.59 Å². The number of fused-ring (bicyclic) bond motifs is 1. The summed E-state index contributed by atoms with van der Waals surface area (Å²) in [4.78, 5) is 23.6. The van der Waals surface area contributed by atoms with Crippen LogP contribution in [0.4, 0.5) is 0 Å². The van der Waals surface area contributed by atoms with Gasteiger partial charge in [-0.05, 0) is 22.9 Å². The van der Waals surface area contributed by atoms with Crippen molar-refractivity contribution in [1.82, 2.24) is 0 Å². The largest absolute Gasteiger partial charge is 0.496 e. The van der Waals surface area contributed by atoms with Crippen LogP contribution in [0.2, 0.25) is 0 Å². The molecule has 0 spiro atoms. The molecular weight excluding hydrogens is 272 g/mol. The van der Waals surface area contributed by atoms with Crippen molar-refractivity contribution >= 4 is 22.7 Å². The van der Waals surface area contributed by atoms with Gasteiger partial charge in [-0.1, -0.05) is 24.3 Å².